The van der Waals surface area contributed by atoms with Crippen molar-refractivity contribution in [2.24, 2.45) is 0 Å². The van der Waals surface area contributed by atoms with Crippen molar-refractivity contribution in [1.82, 2.24) is 5.32 Å². The second kappa shape index (κ2) is 11.5. The smallest absolute Gasteiger partial charge is 0.269 e. The van der Waals surface area contributed by atoms with Crippen LogP contribution in [-0.4, -0.2) is 51.1 Å². The van der Waals surface area contributed by atoms with Gasteiger partial charge in [-0.15, -0.1) is 0 Å². The molecule has 0 aliphatic carbocycles. The van der Waals surface area contributed by atoms with E-state index >= 15 is 0 Å². The van der Waals surface area contributed by atoms with Crippen LogP contribution < -0.4 is 15.5 Å². The Labute approximate surface area is 180 Å². The number of methoxy groups -OCH3 is 1. The third-order valence-electron chi connectivity index (χ3n) is 4.33. The van der Waals surface area contributed by atoms with E-state index in [4.69, 9.17) is 4.74 Å². The van der Waals surface area contributed by atoms with Crippen molar-refractivity contribution in [2.45, 2.75) is 6.42 Å². The molecule has 0 bridgehead atoms. The van der Waals surface area contributed by atoms with Gasteiger partial charge in [-0.2, -0.15) is 0 Å². The molecule has 0 radical (unpaired) electrons. The third kappa shape index (κ3) is 7.23. The molecule has 9 heteroatoms. The number of non-ortho nitro benzene ring substituents is 1. The zero-order chi connectivity index (χ0) is 22.8. The third-order valence-corrected chi connectivity index (χ3v) is 4.33. The molecule has 2 aromatic carbocycles. The molecule has 0 aliphatic heterocycles. The zero-order valence-electron chi connectivity index (χ0n) is 17.8. The zero-order valence-corrected chi connectivity index (χ0v) is 17.8. The minimum atomic E-state index is -0.483. The average Bonchev–Trinajstić information content (AvgIpc) is 2.75. The molecule has 0 atom stereocenters. The summed E-state index contributed by atoms with van der Waals surface area (Å²) < 4.78 is 4.98. The summed E-state index contributed by atoms with van der Waals surface area (Å²) in [5.74, 6) is -0.625. The molecule has 2 rings (SSSR count). The van der Waals surface area contributed by atoms with E-state index in [1.807, 2.05) is 19.0 Å². The lowest BCUT2D eigenvalue weighted by molar-refractivity contribution is -0.384. The van der Waals surface area contributed by atoms with Gasteiger partial charge in [0.05, 0.1) is 10.5 Å². The number of amides is 2. The Morgan fingerprint density at radius 3 is 2.48 bits per heavy atom. The van der Waals surface area contributed by atoms with Crippen LogP contribution in [0.25, 0.3) is 6.08 Å². The first-order valence-electron chi connectivity index (χ1n) is 9.64. The summed E-state index contributed by atoms with van der Waals surface area (Å²) in [5.41, 5.74) is 2.28. The Bertz CT molecular complexity index is 955. The monoisotopic (exact) mass is 426 g/mol. The predicted octanol–water partition coefficient (Wildman–Crippen LogP) is 3.08. The summed E-state index contributed by atoms with van der Waals surface area (Å²) in [6, 6.07) is 11.0. The molecular formula is C22H26N4O5. The van der Waals surface area contributed by atoms with E-state index in [-0.39, 0.29) is 17.5 Å². The summed E-state index contributed by atoms with van der Waals surface area (Å²) in [7, 11) is 5.28. The number of nitro groups is 1. The Morgan fingerprint density at radius 1 is 1.16 bits per heavy atom. The van der Waals surface area contributed by atoms with E-state index in [0.717, 1.165) is 5.69 Å². The lowest BCUT2D eigenvalue weighted by atomic mass is 10.1. The summed E-state index contributed by atoms with van der Waals surface area (Å²) in [5, 5.41) is 16.3. The largest absolute Gasteiger partial charge is 0.385 e. The standard InChI is InChI=1S/C22H26N4O5/c1-25(2)20-11-8-17(15-19(20)22(28)23-13-4-14-31-3)24-21(27)12-7-16-5-9-18(10-6-16)26(29)30/h5-12,15H,4,13-14H2,1-3H3,(H,23,28)(H,24,27)/b12-7+. The minimum Gasteiger partial charge on any atom is -0.385 e. The molecule has 0 unspecified atom stereocenters. The van der Waals surface area contributed by atoms with Crippen LogP contribution >= 0.6 is 0 Å². The minimum absolute atomic E-state index is 0.0180. The number of ether oxygens (including phenoxy) is 1. The van der Waals surface area contributed by atoms with Gasteiger partial charge in [-0.3, -0.25) is 19.7 Å². The van der Waals surface area contributed by atoms with E-state index in [2.05, 4.69) is 10.6 Å². The number of nitrogens with one attached hydrogen (secondary N) is 2. The summed E-state index contributed by atoms with van der Waals surface area (Å²) in [4.78, 5) is 36.9. The predicted molar refractivity (Wildman–Crippen MR) is 120 cm³/mol. The Kier molecular flexibility index (Phi) is 8.71. The van der Waals surface area contributed by atoms with Gasteiger partial charge in [0, 0.05) is 63.9 Å². The van der Waals surface area contributed by atoms with Gasteiger partial charge in [-0.1, -0.05) is 0 Å². The molecule has 2 N–H and O–H groups in total. The first kappa shape index (κ1) is 23.6. The van der Waals surface area contributed by atoms with E-state index in [1.165, 1.54) is 18.2 Å². The van der Waals surface area contributed by atoms with Gasteiger partial charge in [0.1, 0.15) is 0 Å². The van der Waals surface area contributed by atoms with Crippen molar-refractivity contribution in [2.75, 3.05) is 44.6 Å². The number of anilines is 2. The van der Waals surface area contributed by atoms with E-state index < -0.39 is 4.92 Å². The molecule has 0 fully saturated rings. The number of benzene rings is 2. The lowest BCUT2D eigenvalue weighted by Gasteiger charge is -2.18. The first-order valence-corrected chi connectivity index (χ1v) is 9.64. The second-order valence-corrected chi connectivity index (χ2v) is 6.90. The number of rotatable bonds is 10. The van der Waals surface area contributed by atoms with Crippen molar-refractivity contribution in [3.8, 4) is 0 Å². The van der Waals surface area contributed by atoms with Crippen LogP contribution in [0.2, 0.25) is 0 Å². The van der Waals surface area contributed by atoms with Crippen molar-refractivity contribution >= 4 is 35.0 Å². The summed E-state index contributed by atoms with van der Waals surface area (Å²) in [6.45, 7) is 1.03. The van der Waals surface area contributed by atoms with Crippen molar-refractivity contribution in [3.63, 3.8) is 0 Å². The topological polar surface area (TPSA) is 114 Å². The van der Waals surface area contributed by atoms with Crippen LogP contribution in [0.5, 0.6) is 0 Å². The molecule has 2 aromatic rings. The highest BCUT2D eigenvalue weighted by Crippen LogP contribution is 2.23. The highest BCUT2D eigenvalue weighted by Gasteiger charge is 2.14. The highest BCUT2D eigenvalue weighted by molar-refractivity contribution is 6.05. The van der Waals surface area contributed by atoms with Crippen LogP contribution in [0.1, 0.15) is 22.3 Å². The maximum atomic E-state index is 12.6. The fraction of sp³-hybridized carbons (Fsp3) is 0.273. The highest BCUT2D eigenvalue weighted by atomic mass is 16.6. The van der Waals surface area contributed by atoms with Gasteiger partial charge in [-0.25, -0.2) is 0 Å². The fourth-order valence-electron chi connectivity index (χ4n) is 2.76. The summed E-state index contributed by atoms with van der Waals surface area (Å²) >= 11 is 0. The maximum Gasteiger partial charge on any atom is 0.269 e. The molecule has 31 heavy (non-hydrogen) atoms. The molecule has 0 heterocycles. The SMILES string of the molecule is COCCCNC(=O)c1cc(NC(=O)/C=C/c2ccc([N+](=O)[O-])cc2)ccc1N(C)C. The van der Waals surface area contributed by atoms with E-state index in [0.29, 0.717) is 36.4 Å². The molecule has 164 valence electrons. The van der Waals surface area contributed by atoms with Crippen LogP contribution in [0.3, 0.4) is 0 Å². The van der Waals surface area contributed by atoms with Crippen molar-refractivity contribution < 1.29 is 19.2 Å². The number of carbonyl (C=O) groups excluding carboxylic acids is 2. The van der Waals surface area contributed by atoms with Gasteiger partial charge in [-0.05, 0) is 48.4 Å². The molecule has 0 saturated heterocycles. The van der Waals surface area contributed by atoms with Crippen LogP contribution in [0, 0.1) is 10.1 Å². The van der Waals surface area contributed by atoms with Crippen LogP contribution in [-0.2, 0) is 9.53 Å². The Balaban J connectivity index is 2.08. The van der Waals surface area contributed by atoms with Gasteiger partial charge in [0.15, 0.2) is 0 Å². The number of nitrogens with zero attached hydrogens (tertiary/aromatic N) is 2. The number of carbonyl (C=O) groups is 2. The fourth-order valence-corrected chi connectivity index (χ4v) is 2.76. The lowest BCUT2D eigenvalue weighted by Crippen LogP contribution is -2.27. The maximum absolute atomic E-state index is 12.6. The van der Waals surface area contributed by atoms with Crippen LogP contribution in [0.15, 0.2) is 48.5 Å². The summed E-state index contributed by atoms with van der Waals surface area (Å²) in [6.07, 6.45) is 3.57. The van der Waals surface area contributed by atoms with E-state index in [1.54, 1.807) is 43.5 Å². The van der Waals surface area contributed by atoms with Crippen molar-refractivity contribution in [3.05, 3.63) is 69.8 Å². The number of hydrogen-bond donors (Lipinski definition) is 2. The molecule has 0 spiro atoms. The molecule has 2 amide bonds. The van der Waals surface area contributed by atoms with Gasteiger partial charge < -0.3 is 20.3 Å². The quantitative estimate of drug-likeness (QED) is 0.261. The van der Waals surface area contributed by atoms with Gasteiger partial charge in [0.2, 0.25) is 5.91 Å². The number of hydrogen-bond acceptors (Lipinski definition) is 6. The second-order valence-electron chi connectivity index (χ2n) is 6.90. The van der Waals surface area contributed by atoms with Gasteiger partial charge >= 0.3 is 0 Å². The molecule has 0 saturated carbocycles. The molecular weight excluding hydrogens is 400 g/mol. The molecule has 0 aromatic heterocycles. The Hall–Kier alpha value is -3.72. The van der Waals surface area contributed by atoms with E-state index in [9.17, 15) is 19.7 Å². The van der Waals surface area contributed by atoms with Crippen LogP contribution in [0.4, 0.5) is 17.1 Å². The normalized spacial score (nSPS) is 10.7. The Morgan fingerprint density at radius 2 is 1.87 bits per heavy atom. The molecule has 0 aliphatic rings. The van der Waals surface area contributed by atoms with Gasteiger partial charge in [0.25, 0.3) is 11.6 Å². The first-order chi connectivity index (χ1) is 14.8. The average molecular weight is 426 g/mol. The van der Waals surface area contributed by atoms with Crippen molar-refractivity contribution in [1.29, 1.82) is 0 Å². The number of nitro benzene ring substituents is 1. The molecule has 9 nitrogen and oxygen atoms in total.